The summed E-state index contributed by atoms with van der Waals surface area (Å²) in [6.07, 6.45) is 6.81. The first-order chi connectivity index (χ1) is 11.9. The van der Waals surface area contributed by atoms with Crippen LogP contribution in [-0.2, 0) is 0 Å². The predicted molar refractivity (Wildman–Crippen MR) is 104 cm³/mol. The zero-order valence-electron chi connectivity index (χ0n) is 13.4. The van der Waals surface area contributed by atoms with E-state index in [-0.39, 0.29) is 0 Å². The van der Waals surface area contributed by atoms with Gasteiger partial charge in [-0.1, -0.05) is 53.8 Å². The van der Waals surface area contributed by atoms with Crippen LogP contribution in [0, 0.1) is 0 Å². The van der Waals surface area contributed by atoms with Crippen LogP contribution in [0.2, 0.25) is 0 Å². The highest BCUT2D eigenvalue weighted by Gasteiger charge is 2.14. The molecule has 24 heavy (non-hydrogen) atoms. The standard InChI is InChI=1S/C20H19N3S/c1-2-8-15(9-3-1)14-16-10-4-5-11-17(16)22-23-20-21-18-12-6-7-13-19(18)24-20/h1-3,6-9,12-14H,4-5,10-11H2,(H,21,23)/b16-14+,22-17-. The average molecular weight is 333 g/mol. The van der Waals surface area contributed by atoms with Crippen LogP contribution in [-0.4, -0.2) is 10.7 Å². The van der Waals surface area contributed by atoms with E-state index in [1.54, 1.807) is 11.3 Å². The molecule has 3 aromatic rings. The molecule has 1 saturated carbocycles. The number of fused-ring (bicyclic) bond motifs is 1. The Morgan fingerprint density at radius 1 is 0.958 bits per heavy atom. The number of benzene rings is 2. The molecule has 0 spiro atoms. The van der Waals surface area contributed by atoms with Gasteiger partial charge in [0.1, 0.15) is 0 Å². The van der Waals surface area contributed by atoms with Gasteiger partial charge in [-0.3, -0.25) is 5.43 Å². The van der Waals surface area contributed by atoms with E-state index >= 15 is 0 Å². The SMILES string of the molecule is C(=C1/CCCC/C1=N/Nc1nc2ccccc2s1)/c1ccccc1. The highest BCUT2D eigenvalue weighted by Crippen LogP contribution is 2.27. The van der Waals surface area contributed by atoms with Gasteiger partial charge in [-0.2, -0.15) is 5.10 Å². The van der Waals surface area contributed by atoms with Crippen molar-refractivity contribution in [2.75, 3.05) is 5.43 Å². The third-order valence-electron chi connectivity index (χ3n) is 4.20. The minimum absolute atomic E-state index is 0.855. The summed E-state index contributed by atoms with van der Waals surface area (Å²) in [6, 6.07) is 18.7. The second-order valence-corrected chi connectivity index (χ2v) is 6.98. The first kappa shape index (κ1) is 15.1. The molecule has 2 aromatic carbocycles. The summed E-state index contributed by atoms with van der Waals surface area (Å²) in [7, 11) is 0. The van der Waals surface area contributed by atoms with Crippen LogP contribution in [0.25, 0.3) is 16.3 Å². The summed E-state index contributed by atoms with van der Waals surface area (Å²) in [5.74, 6) is 0. The van der Waals surface area contributed by atoms with Gasteiger partial charge in [0.25, 0.3) is 0 Å². The highest BCUT2D eigenvalue weighted by atomic mass is 32.1. The first-order valence-electron chi connectivity index (χ1n) is 8.33. The van der Waals surface area contributed by atoms with Gasteiger partial charge >= 0.3 is 0 Å². The average Bonchev–Trinajstić information content (AvgIpc) is 3.05. The number of hydrazone groups is 1. The predicted octanol–water partition coefficient (Wildman–Crippen LogP) is 5.72. The van der Waals surface area contributed by atoms with E-state index in [2.05, 4.69) is 51.9 Å². The van der Waals surface area contributed by atoms with Crippen LogP contribution in [0.5, 0.6) is 0 Å². The Morgan fingerprint density at radius 2 is 1.75 bits per heavy atom. The first-order valence-corrected chi connectivity index (χ1v) is 9.14. The maximum Gasteiger partial charge on any atom is 0.204 e. The third-order valence-corrected chi connectivity index (χ3v) is 5.14. The van der Waals surface area contributed by atoms with Crippen molar-refractivity contribution in [2.45, 2.75) is 25.7 Å². The molecule has 0 aliphatic heterocycles. The number of para-hydroxylation sites is 1. The molecule has 0 amide bonds. The van der Waals surface area contributed by atoms with Gasteiger partial charge in [-0.15, -0.1) is 0 Å². The van der Waals surface area contributed by atoms with Crippen molar-refractivity contribution in [1.82, 2.24) is 4.98 Å². The Balaban J connectivity index is 1.58. The van der Waals surface area contributed by atoms with Crippen LogP contribution >= 0.6 is 11.3 Å². The number of hydrogen-bond acceptors (Lipinski definition) is 4. The second-order valence-electron chi connectivity index (χ2n) is 5.94. The minimum Gasteiger partial charge on any atom is -0.252 e. The minimum atomic E-state index is 0.855. The Morgan fingerprint density at radius 3 is 2.62 bits per heavy atom. The zero-order chi connectivity index (χ0) is 16.2. The molecule has 4 heteroatoms. The molecule has 1 fully saturated rings. The van der Waals surface area contributed by atoms with Crippen LogP contribution < -0.4 is 5.43 Å². The molecule has 1 aromatic heterocycles. The van der Waals surface area contributed by atoms with Crippen molar-refractivity contribution < 1.29 is 0 Å². The van der Waals surface area contributed by atoms with Crippen molar-refractivity contribution in [3.05, 3.63) is 65.7 Å². The summed E-state index contributed by atoms with van der Waals surface area (Å²) in [5.41, 5.74) is 7.93. The summed E-state index contributed by atoms with van der Waals surface area (Å²) in [6.45, 7) is 0. The van der Waals surface area contributed by atoms with Crippen LogP contribution in [0.3, 0.4) is 0 Å². The lowest BCUT2D eigenvalue weighted by Crippen LogP contribution is -2.11. The van der Waals surface area contributed by atoms with Gasteiger partial charge in [0.05, 0.1) is 15.9 Å². The molecular formula is C20H19N3S. The van der Waals surface area contributed by atoms with E-state index in [1.165, 1.54) is 28.7 Å². The third kappa shape index (κ3) is 3.39. The molecule has 0 atom stereocenters. The monoisotopic (exact) mass is 333 g/mol. The Bertz CT molecular complexity index is 860. The molecule has 1 aliphatic rings. The fourth-order valence-electron chi connectivity index (χ4n) is 2.98. The molecule has 3 nitrogen and oxygen atoms in total. The van der Waals surface area contributed by atoms with Crippen molar-refractivity contribution in [3.63, 3.8) is 0 Å². The van der Waals surface area contributed by atoms with Crippen molar-refractivity contribution in [2.24, 2.45) is 5.10 Å². The number of aromatic nitrogens is 1. The zero-order valence-corrected chi connectivity index (χ0v) is 14.2. The molecule has 1 aliphatic carbocycles. The second kappa shape index (κ2) is 6.97. The van der Waals surface area contributed by atoms with Crippen LogP contribution in [0.1, 0.15) is 31.2 Å². The largest absolute Gasteiger partial charge is 0.252 e. The number of nitrogens with zero attached hydrogens (tertiary/aromatic N) is 2. The number of thiazole rings is 1. The molecule has 1 heterocycles. The lowest BCUT2D eigenvalue weighted by Gasteiger charge is -2.16. The van der Waals surface area contributed by atoms with Gasteiger partial charge in [0, 0.05) is 0 Å². The number of allylic oxidation sites excluding steroid dienone is 1. The fraction of sp³-hybridized carbons (Fsp3) is 0.200. The van der Waals surface area contributed by atoms with E-state index in [0.717, 1.165) is 29.2 Å². The Kier molecular flexibility index (Phi) is 4.38. The summed E-state index contributed by atoms with van der Waals surface area (Å²) < 4.78 is 1.18. The summed E-state index contributed by atoms with van der Waals surface area (Å²) >= 11 is 1.64. The van der Waals surface area contributed by atoms with Gasteiger partial charge in [0.15, 0.2) is 0 Å². The van der Waals surface area contributed by atoms with E-state index in [0.29, 0.717) is 0 Å². The van der Waals surface area contributed by atoms with E-state index in [1.807, 2.05) is 24.3 Å². The van der Waals surface area contributed by atoms with Gasteiger partial charge in [-0.05, 0) is 55.0 Å². The van der Waals surface area contributed by atoms with Crippen molar-refractivity contribution in [1.29, 1.82) is 0 Å². The maximum absolute atomic E-state index is 4.67. The number of nitrogens with one attached hydrogen (secondary N) is 1. The van der Waals surface area contributed by atoms with Gasteiger partial charge in [0.2, 0.25) is 5.13 Å². The summed E-state index contributed by atoms with van der Waals surface area (Å²) in [5, 5.41) is 5.53. The van der Waals surface area contributed by atoms with E-state index in [4.69, 9.17) is 0 Å². The maximum atomic E-state index is 4.67. The number of anilines is 1. The molecule has 4 rings (SSSR count). The molecule has 120 valence electrons. The Labute approximate surface area is 145 Å². The van der Waals surface area contributed by atoms with Crippen LogP contribution in [0.4, 0.5) is 5.13 Å². The van der Waals surface area contributed by atoms with Crippen LogP contribution in [0.15, 0.2) is 65.3 Å². The fourth-order valence-corrected chi connectivity index (χ4v) is 3.79. The summed E-state index contributed by atoms with van der Waals surface area (Å²) in [4.78, 5) is 4.59. The van der Waals surface area contributed by atoms with E-state index in [9.17, 15) is 0 Å². The Hall–Kier alpha value is -2.46. The van der Waals surface area contributed by atoms with E-state index < -0.39 is 0 Å². The molecule has 1 N–H and O–H groups in total. The van der Waals surface area contributed by atoms with Crippen molar-refractivity contribution in [3.8, 4) is 0 Å². The molecule has 0 saturated heterocycles. The number of hydrogen-bond donors (Lipinski definition) is 1. The lowest BCUT2D eigenvalue weighted by atomic mass is 9.91. The highest BCUT2D eigenvalue weighted by molar-refractivity contribution is 7.22. The van der Waals surface area contributed by atoms with Crippen molar-refractivity contribution >= 4 is 38.5 Å². The quantitative estimate of drug-likeness (QED) is 0.622. The molecule has 0 bridgehead atoms. The smallest absolute Gasteiger partial charge is 0.204 e. The lowest BCUT2D eigenvalue weighted by molar-refractivity contribution is 0.734. The normalized spacial score (nSPS) is 18.3. The molecule has 0 unspecified atom stereocenters. The van der Waals surface area contributed by atoms with Gasteiger partial charge in [-0.25, -0.2) is 4.98 Å². The molecule has 0 radical (unpaired) electrons. The number of rotatable bonds is 3. The molecular weight excluding hydrogens is 314 g/mol. The van der Waals surface area contributed by atoms with Gasteiger partial charge < -0.3 is 0 Å². The topological polar surface area (TPSA) is 37.3 Å².